The van der Waals surface area contributed by atoms with Gasteiger partial charge in [-0.3, -0.25) is 4.79 Å². The van der Waals surface area contributed by atoms with E-state index in [-0.39, 0.29) is 35.8 Å². The largest absolute Gasteiger partial charge is 0.477 e. The van der Waals surface area contributed by atoms with E-state index in [0.717, 1.165) is 6.20 Å². The molecule has 144 valence electrons. The maximum Gasteiger partial charge on any atom is 0.341 e. The highest BCUT2D eigenvalue weighted by molar-refractivity contribution is 5.99. The van der Waals surface area contributed by atoms with Crippen molar-refractivity contribution in [1.29, 1.82) is 0 Å². The van der Waals surface area contributed by atoms with Gasteiger partial charge in [-0.05, 0) is 18.8 Å². The van der Waals surface area contributed by atoms with Gasteiger partial charge in [0.15, 0.2) is 11.6 Å². The topological polar surface area (TPSA) is 115 Å². The quantitative estimate of drug-likeness (QED) is 0.700. The van der Waals surface area contributed by atoms with Crippen LogP contribution in [0.2, 0.25) is 0 Å². The Hall–Kier alpha value is -2.68. The zero-order chi connectivity index (χ0) is 19.6. The number of benzene rings is 1. The molecule has 1 aromatic carbocycles. The average Bonchev–Trinajstić information content (AvgIpc) is 3.38. The Morgan fingerprint density at radius 3 is 2.44 bits per heavy atom. The van der Waals surface area contributed by atoms with Crippen LogP contribution in [0.3, 0.4) is 0 Å². The van der Waals surface area contributed by atoms with Gasteiger partial charge in [-0.15, -0.1) is 0 Å². The Bertz CT molecular complexity index is 1020. The van der Waals surface area contributed by atoms with Gasteiger partial charge in [0, 0.05) is 31.4 Å². The fourth-order valence-electron chi connectivity index (χ4n) is 3.80. The first-order chi connectivity index (χ1) is 12.7. The molecule has 2 unspecified atom stereocenters. The average molecular weight is 378 g/mol. The van der Waals surface area contributed by atoms with Gasteiger partial charge in [-0.2, -0.15) is 0 Å². The molecule has 1 aliphatic heterocycles. The Labute approximate surface area is 153 Å². The Kier molecular flexibility index (Phi) is 3.88. The van der Waals surface area contributed by atoms with Gasteiger partial charge in [0.1, 0.15) is 11.3 Å². The van der Waals surface area contributed by atoms with Crippen LogP contribution in [0.4, 0.5) is 20.2 Å². The van der Waals surface area contributed by atoms with Crippen molar-refractivity contribution in [3.8, 4) is 0 Å². The predicted molar refractivity (Wildman–Crippen MR) is 97.1 cm³/mol. The lowest BCUT2D eigenvalue weighted by molar-refractivity contribution is 0.0695. The molecule has 0 radical (unpaired) electrons. The maximum atomic E-state index is 15.5. The highest BCUT2D eigenvalue weighted by atomic mass is 19.1. The summed E-state index contributed by atoms with van der Waals surface area (Å²) in [7, 11) is 0. The second-order valence-electron chi connectivity index (χ2n) is 7.48. The third-order valence-electron chi connectivity index (χ3n) is 5.52. The molecule has 5 N–H and O–H groups in total. The summed E-state index contributed by atoms with van der Waals surface area (Å²) in [6.45, 7) is 2.52. The molecule has 0 bridgehead atoms. The molecule has 27 heavy (non-hydrogen) atoms. The summed E-state index contributed by atoms with van der Waals surface area (Å²) in [4.78, 5) is 25.5. The van der Waals surface area contributed by atoms with Crippen molar-refractivity contribution < 1.29 is 18.7 Å². The summed E-state index contributed by atoms with van der Waals surface area (Å²) in [6.07, 6.45) is 2.57. The minimum absolute atomic E-state index is 0.0423. The van der Waals surface area contributed by atoms with Gasteiger partial charge >= 0.3 is 5.97 Å². The van der Waals surface area contributed by atoms with Gasteiger partial charge in [0.2, 0.25) is 5.43 Å². The summed E-state index contributed by atoms with van der Waals surface area (Å²) in [5.41, 5.74) is 9.34. The molecule has 7 nitrogen and oxygen atoms in total. The third kappa shape index (κ3) is 2.56. The van der Waals surface area contributed by atoms with Gasteiger partial charge in [0.05, 0.1) is 16.6 Å². The number of rotatable bonds is 3. The van der Waals surface area contributed by atoms with E-state index in [0.29, 0.717) is 19.4 Å². The zero-order valence-electron chi connectivity index (χ0n) is 14.7. The summed E-state index contributed by atoms with van der Waals surface area (Å²) < 4.78 is 31.9. The lowest BCUT2D eigenvalue weighted by Gasteiger charge is -2.23. The van der Waals surface area contributed by atoms with Crippen molar-refractivity contribution in [2.24, 2.45) is 11.7 Å². The van der Waals surface area contributed by atoms with Gasteiger partial charge in [-0.1, -0.05) is 6.92 Å². The van der Waals surface area contributed by atoms with Crippen LogP contribution < -0.4 is 21.8 Å². The van der Waals surface area contributed by atoms with Crippen molar-refractivity contribution >= 4 is 28.2 Å². The standard InChI is InChI=1S/C18H20F2N4O3/c1-7-4-23(6-10(7)21)16-12(19)14(22)11-15(13(16)20)24(8-2-3-8)5-9(17(11)25)18(26)27/h5,7-8,10H,2-4,6,21-22H2,1H3,(H,26,27). The third-order valence-corrected chi connectivity index (χ3v) is 5.52. The molecular weight excluding hydrogens is 358 g/mol. The normalized spacial score (nSPS) is 22.6. The van der Waals surface area contributed by atoms with Crippen molar-refractivity contribution in [2.45, 2.75) is 31.8 Å². The van der Waals surface area contributed by atoms with E-state index in [1.807, 2.05) is 6.92 Å². The number of carboxylic acid groups (broad SMARTS) is 1. The van der Waals surface area contributed by atoms with E-state index in [1.165, 1.54) is 9.47 Å². The molecule has 2 aromatic rings. The van der Waals surface area contributed by atoms with E-state index < -0.39 is 39.7 Å². The highest BCUT2D eigenvalue weighted by Gasteiger charge is 2.35. The minimum Gasteiger partial charge on any atom is -0.477 e. The molecule has 2 atom stereocenters. The fourth-order valence-corrected chi connectivity index (χ4v) is 3.80. The van der Waals surface area contributed by atoms with Crippen molar-refractivity contribution in [2.75, 3.05) is 23.7 Å². The molecule has 2 heterocycles. The van der Waals surface area contributed by atoms with E-state index in [1.54, 1.807) is 0 Å². The molecule has 1 aromatic heterocycles. The van der Waals surface area contributed by atoms with E-state index in [9.17, 15) is 14.7 Å². The molecule has 1 saturated heterocycles. The van der Waals surface area contributed by atoms with Crippen LogP contribution in [0.1, 0.15) is 36.2 Å². The second-order valence-corrected chi connectivity index (χ2v) is 7.48. The summed E-state index contributed by atoms with van der Waals surface area (Å²) in [6, 6.07) is -0.376. The number of nitrogens with zero attached hydrogens (tertiary/aromatic N) is 2. The molecule has 0 spiro atoms. The van der Waals surface area contributed by atoms with Crippen LogP contribution in [-0.4, -0.2) is 34.8 Å². The van der Waals surface area contributed by atoms with Crippen molar-refractivity contribution in [3.05, 3.63) is 33.6 Å². The van der Waals surface area contributed by atoms with Crippen LogP contribution >= 0.6 is 0 Å². The highest BCUT2D eigenvalue weighted by Crippen LogP contribution is 2.42. The Balaban J connectivity index is 2.07. The minimum atomic E-state index is -1.46. The number of carbonyl (C=O) groups is 1. The number of pyridine rings is 1. The molecule has 1 aliphatic carbocycles. The van der Waals surface area contributed by atoms with Gasteiger partial charge < -0.3 is 26.0 Å². The van der Waals surface area contributed by atoms with Crippen LogP contribution in [0.15, 0.2) is 11.0 Å². The predicted octanol–water partition coefficient (Wildman–Crippen LogP) is 1.68. The first kappa shape index (κ1) is 17.7. The first-order valence-corrected chi connectivity index (χ1v) is 8.81. The fraction of sp³-hybridized carbons (Fsp3) is 0.444. The lowest BCUT2D eigenvalue weighted by Crippen LogP contribution is -2.30. The number of hydrogen-bond acceptors (Lipinski definition) is 5. The SMILES string of the molecule is CC1CN(c2c(F)c(N)c3c(=O)c(C(=O)O)cn(C4CC4)c3c2F)CC1N. The smallest absolute Gasteiger partial charge is 0.341 e. The van der Waals surface area contributed by atoms with Gasteiger partial charge in [0.25, 0.3) is 0 Å². The van der Waals surface area contributed by atoms with Crippen LogP contribution in [-0.2, 0) is 0 Å². The molecule has 4 rings (SSSR count). The van der Waals surface area contributed by atoms with Gasteiger partial charge in [-0.25, -0.2) is 13.6 Å². The number of hydrogen-bond donors (Lipinski definition) is 3. The molecule has 2 fully saturated rings. The number of fused-ring (bicyclic) bond motifs is 1. The van der Waals surface area contributed by atoms with Crippen molar-refractivity contribution in [1.82, 2.24) is 4.57 Å². The van der Waals surface area contributed by atoms with Crippen LogP contribution in [0.5, 0.6) is 0 Å². The first-order valence-electron chi connectivity index (χ1n) is 8.81. The lowest BCUT2D eigenvalue weighted by atomic mass is 10.1. The molecule has 1 saturated carbocycles. The maximum absolute atomic E-state index is 15.5. The Morgan fingerprint density at radius 2 is 1.93 bits per heavy atom. The molecule has 0 amide bonds. The van der Waals surface area contributed by atoms with E-state index >= 15 is 8.78 Å². The van der Waals surface area contributed by atoms with Crippen LogP contribution in [0.25, 0.3) is 10.9 Å². The second kappa shape index (κ2) is 5.91. The number of aromatic carboxylic acids is 1. The number of nitrogen functional groups attached to an aromatic ring is 1. The summed E-state index contributed by atoms with van der Waals surface area (Å²) in [5, 5.41) is 8.88. The summed E-state index contributed by atoms with van der Waals surface area (Å²) in [5.74, 6) is -3.37. The number of halogens is 2. The van der Waals surface area contributed by atoms with Crippen molar-refractivity contribution in [3.63, 3.8) is 0 Å². The number of anilines is 2. The number of nitrogens with two attached hydrogens (primary N) is 2. The molecule has 9 heteroatoms. The number of carboxylic acids is 1. The Morgan fingerprint density at radius 1 is 1.26 bits per heavy atom. The monoisotopic (exact) mass is 378 g/mol. The van der Waals surface area contributed by atoms with E-state index in [2.05, 4.69) is 0 Å². The van der Waals surface area contributed by atoms with Crippen LogP contribution in [0, 0.1) is 17.6 Å². The number of aromatic nitrogens is 1. The molecular formula is C18H20F2N4O3. The van der Waals surface area contributed by atoms with E-state index in [4.69, 9.17) is 11.5 Å². The summed E-state index contributed by atoms with van der Waals surface area (Å²) >= 11 is 0. The molecule has 2 aliphatic rings. The zero-order valence-corrected chi connectivity index (χ0v) is 14.7.